The summed E-state index contributed by atoms with van der Waals surface area (Å²) < 4.78 is 18.9. The number of hydrogen-bond acceptors (Lipinski definition) is 3. The van der Waals surface area contributed by atoms with Gasteiger partial charge in [0, 0.05) is 18.6 Å². The lowest BCUT2D eigenvalue weighted by atomic mass is 9.81. The molecule has 1 heterocycles. The van der Waals surface area contributed by atoms with Gasteiger partial charge in [-0.1, -0.05) is 0 Å². The molecule has 3 unspecified atom stereocenters. The molecule has 19 heavy (non-hydrogen) atoms. The van der Waals surface area contributed by atoms with Crippen LogP contribution >= 0.6 is 0 Å². The monoisotopic (exact) mass is 260 g/mol. The van der Waals surface area contributed by atoms with Crippen LogP contribution in [-0.4, -0.2) is 18.8 Å². The number of nitrogens with zero attached hydrogens (tertiary/aromatic N) is 1. The molecule has 0 aromatic heterocycles. The molecule has 2 fully saturated rings. The van der Waals surface area contributed by atoms with Gasteiger partial charge in [-0.15, -0.1) is 0 Å². The highest BCUT2D eigenvalue weighted by atomic mass is 19.1. The van der Waals surface area contributed by atoms with Gasteiger partial charge in [0.2, 0.25) is 0 Å². The summed E-state index contributed by atoms with van der Waals surface area (Å²) in [5.74, 6) is 0.151. The van der Waals surface area contributed by atoms with Crippen molar-refractivity contribution in [2.75, 3.05) is 11.9 Å². The molecule has 0 radical (unpaired) electrons. The minimum absolute atomic E-state index is 0.332. The van der Waals surface area contributed by atoms with E-state index in [1.165, 1.54) is 12.1 Å². The molecule has 1 aliphatic heterocycles. The Bertz CT molecular complexity index is 511. The summed E-state index contributed by atoms with van der Waals surface area (Å²) in [5.41, 5.74) is 1.11. The van der Waals surface area contributed by atoms with Gasteiger partial charge in [-0.2, -0.15) is 5.26 Å². The van der Waals surface area contributed by atoms with Crippen LogP contribution in [0, 0.1) is 23.1 Å². The van der Waals surface area contributed by atoms with Crippen LogP contribution in [-0.2, 0) is 4.74 Å². The fourth-order valence-electron chi connectivity index (χ4n) is 3.29. The van der Waals surface area contributed by atoms with Crippen molar-refractivity contribution in [1.29, 1.82) is 5.26 Å². The lowest BCUT2D eigenvalue weighted by Gasteiger charge is -2.34. The topological polar surface area (TPSA) is 45.0 Å². The summed E-state index contributed by atoms with van der Waals surface area (Å²) in [6, 6.07) is 6.73. The Morgan fingerprint density at radius 1 is 1.32 bits per heavy atom. The molecule has 1 N–H and O–H groups in total. The second-order valence-electron chi connectivity index (χ2n) is 5.35. The van der Waals surface area contributed by atoms with Crippen molar-refractivity contribution in [2.45, 2.75) is 37.8 Å². The van der Waals surface area contributed by atoms with Gasteiger partial charge in [0.25, 0.3) is 0 Å². The predicted octanol–water partition coefficient (Wildman–Crippen LogP) is 3.07. The zero-order chi connectivity index (χ0) is 13.2. The number of benzene rings is 1. The summed E-state index contributed by atoms with van der Waals surface area (Å²) in [6.45, 7) is 0.835. The Morgan fingerprint density at radius 3 is 3.05 bits per heavy atom. The average Bonchev–Trinajstić information content (AvgIpc) is 2.90. The van der Waals surface area contributed by atoms with E-state index in [2.05, 4.69) is 11.4 Å². The van der Waals surface area contributed by atoms with Gasteiger partial charge in [-0.05, 0) is 43.9 Å². The maximum Gasteiger partial charge on any atom is 0.124 e. The molecule has 2 aliphatic rings. The van der Waals surface area contributed by atoms with Crippen molar-refractivity contribution in [3.63, 3.8) is 0 Å². The minimum atomic E-state index is -0.368. The molecule has 1 saturated heterocycles. The van der Waals surface area contributed by atoms with Crippen LogP contribution in [0.5, 0.6) is 0 Å². The van der Waals surface area contributed by atoms with Crippen LogP contribution < -0.4 is 5.32 Å². The molecular formula is C15H17FN2O. The lowest BCUT2D eigenvalue weighted by molar-refractivity contribution is 0.0620. The highest BCUT2D eigenvalue weighted by Gasteiger charge is 2.37. The molecule has 0 amide bonds. The van der Waals surface area contributed by atoms with Crippen LogP contribution in [0.15, 0.2) is 18.2 Å². The second kappa shape index (κ2) is 5.18. The number of nitrogens with one attached hydrogen (secondary N) is 1. The first-order chi connectivity index (χ1) is 9.28. The number of halogens is 1. The number of rotatable bonds is 2. The first-order valence-corrected chi connectivity index (χ1v) is 6.86. The summed E-state index contributed by atoms with van der Waals surface area (Å²) >= 11 is 0. The third-order valence-electron chi connectivity index (χ3n) is 4.22. The Balaban J connectivity index is 1.79. The van der Waals surface area contributed by atoms with Crippen molar-refractivity contribution >= 4 is 5.69 Å². The van der Waals surface area contributed by atoms with Crippen molar-refractivity contribution < 1.29 is 9.13 Å². The number of hydrogen-bond donors (Lipinski definition) is 1. The number of anilines is 1. The fraction of sp³-hybridized carbons (Fsp3) is 0.533. The molecule has 3 nitrogen and oxygen atoms in total. The van der Waals surface area contributed by atoms with Crippen LogP contribution in [0.2, 0.25) is 0 Å². The zero-order valence-corrected chi connectivity index (χ0v) is 10.7. The standard InChI is InChI=1S/C15H17FN2O/c16-11-4-5-13(10(8-11)9-17)18-14-2-1-3-15-12(14)6-7-19-15/h4-5,8,12,14-15,18H,1-3,6-7H2. The maximum absolute atomic E-state index is 13.1. The van der Waals surface area contributed by atoms with Crippen molar-refractivity contribution in [3.05, 3.63) is 29.6 Å². The minimum Gasteiger partial charge on any atom is -0.381 e. The van der Waals surface area contributed by atoms with Crippen LogP contribution in [0.4, 0.5) is 10.1 Å². The summed E-state index contributed by atoms with van der Waals surface area (Å²) in [4.78, 5) is 0. The Kier molecular flexibility index (Phi) is 3.39. The van der Waals surface area contributed by atoms with Crippen LogP contribution in [0.25, 0.3) is 0 Å². The van der Waals surface area contributed by atoms with E-state index in [1.54, 1.807) is 6.07 Å². The highest BCUT2D eigenvalue weighted by molar-refractivity contribution is 5.58. The zero-order valence-electron chi connectivity index (χ0n) is 10.7. The molecule has 3 rings (SSSR count). The van der Waals surface area contributed by atoms with Crippen molar-refractivity contribution in [3.8, 4) is 6.07 Å². The maximum atomic E-state index is 13.1. The molecule has 1 aliphatic carbocycles. The Hall–Kier alpha value is -1.60. The quantitative estimate of drug-likeness (QED) is 0.888. The molecule has 0 spiro atoms. The normalized spacial score (nSPS) is 29.6. The Labute approximate surface area is 112 Å². The van der Waals surface area contributed by atoms with E-state index in [4.69, 9.17) is 10.00 Å². The van der Waals surface area contributed by atoms with E-state index in [-0.39, 0.29) is 5.82 Å². The summed E-state index contributed by atoms with van der Waals surface area (Å²) in [7, 11) is 0. The van der Waals surface area contributed by atoms with Gasteiger partial charge in [0.05, 0.1) is 17.4 Å². The molecule has 0 bridgehead atoms. The molecule has 1 saturated carbocycles. The van der Waals surface area contributed by atoms with Gasteiger partial charge >= 0.3 is 0 Å². The number of fused-ring (bicyclic) bond motifs is 1. The largest absolute Gasteiger partial charge is 0.381 e. The first-order valence-electron chi connectivity index (χ1n) is 6.86. The van der Waals surface area contributed by atoms with Gasteiger partial charge in [-0.3, -0.25) is 0 Å². The third kappa shape index (κ3) is 2.43. The molecule has 1 aromatic rings. The summed E-state index contributed by atoms with van der Waals surface area (Å²) in [5, 5.41) is 12.5. The second-order valence-corrected chi connectivity index (χ2v) is 5.35. The number of ether oxygens (including phenoxy) is 1. The average molecular weight is 260 g/mol. The summed E-state index contributed by atoms with van der Waals surface area (Å²) in [6.07, 6.45) is 4.80. The molecule has 4 heteroatoms. The van der Waals surface area contributed by atoms with Gasteiger partial charge in [-0.25, -0.2) is 4.39 Å². The fourth-order valence-corrected chi connectivity index (χ4v) is 3.29. The van der Waals surface area contributed by atoms with E-state index < -0.39 is 0 Å². The van der Waals surface area contributed by atoms with E-state index >= 15 is 0 Å². The lowest BCUT2D eigenvalue weighted by Crippen LogP contribution is -2.38. The van der Waals surface area contributed by atoms with Crippen LogP contribution in [0.3, 0.4) is 0 Å². The molecule has 100 valence electrons. The highest BCUT2D eigenvalue weighted by Crippen LogP contribution is 2.36. The van der Waals surface area contributed by atoms with Crippen molar-refractivity contribution in [2.24, 2.45) is 5.92 Å². The van der Waals surface area contributed by atoms with Gasteiger partial charge in [0.15, 0.2) is 0 Å². The molecule has 3 atom stereocenters. The van der Waals surface area contributed by atoms with E-state index in [9.17, 15) is 4.39 Å². The van der Waals surface area contributed by atoms with E-state index in [1.807, 2.05) is 0 Å². The molecule has 1 aromatic carbocycles. The van der Waals surface area contributed by atoms with E-state index in [0.29, 0.717) is 23.6 Å². The predicted molar refractivity (Wildman–Crippen MR) is 70.2 cm³/mol. The third-order valence-corrected chi connectivity index (χ3v) is 4.22. The van der Waals surface area contributed by atoms with Gasteiger partial charge < -0.3 is 10.1 Å². The van der Waals surface area contributed by atoms with Crippen LogP contribution in [0.1, 0.15) is 31.2 Å². The first kappa shape index (κ1) is 12.4. The smallest absolute Gasteiger partial charge is 0.124 e. The van der Waals surface area contributed by atoms with E-state index in [0.717, 1.165) is 38.0 Å². The number of nitriles is 1. The Morgan fingerprint density at radius 2 is 2.21 bits per heavy atom. The molecular weight excluding hydrogens is 243 g/mol. The van der Waals surface area contributed by atoms with Gasteiger partial charge in [0.1, 0.15) is 11.9 Å². The van der Waals surface area contributed by atoms with Crippen molar-refractivity contribution in [1.82, 2.24) is 0 Å². The SMILES string of the molecule is N#Cc1cc(F)ccc1NC1CCCC2OCCC12.